The van der Waals surface area contributed by atoms with Crippen LogP contribution in [0.15, 0.2) is 60.8 Å². The van der Waals surface area contributed by atoms with Gasteiger partial charge >= 0.3 is 198 Å². The molecule has 0 saturated heterocycles. The first-order valence-corrected chi connectivity index (χ1v) is 19.6. The minimum absolute atomic E-state index is 0.0598. The van der Waals surface area contributed by atoms with Crippen molar-refractivity contribution in [3.05, 3.63) is 71.9 Å². The van der Waals surface area contributed by atoms with E-state index in [-0.39, 0.29) is 5.41 Å². The Morgan fingerprint density at radius 2 is 1.62 bits per heavy atom. The van der Waals surface area contributed by atoms with Crippen LogP contribution in [0.25, 0.3) is 42.2 Å². The summed E-state index contributed by atoms with van der Waals surface area (Å²) in [6, 6.07) is 20.3. The number of nitrogens with zero attached hydrogens (tertiary/aromatic N) is 1. The van der Waals surface area contributed by atoms with Crippen LogP contribution in [0, 0.1) is 6.92 Å². The van der Waals surface area contributed by atoms with Gasteiger partial charge in [0.1, 0.15) is 0 Å². The molecular weight excluding hydrogens is 467 g/mol. The molecule has 5 rings (SSSR count). The Labute approximate surface area is 197 Å². The van der Waals surface area contributed by atoms with E-state index in [4.69, 9.17) is 4.98 Å². The third-order valence-electron chi connectivity index (χ3n) is 6.45. The molecule has 3 heteroatoms. The fraction of sp³-hybridized carbons (Fsp3) is 0.276. The second kappa shape index (κ2) is 7.43. The number of thiophene rings is 1. The van der Waals surface area contributed by atoms with Crippen LogP contribution >= 0.6 is 11.3 Å². The fourth-order valence-corrected chi connectivity index (χ4v) is 12.6. The zero-order valence-electron chi connectivity index (χ0n) is 20.1. The molecule has 0 spiro atoms. The summed E-state index contributed by atoms with van der Waals surface area (Å²) in [5.41, 5.74) is 5.22. The van der Waals surface area contributed by atoms with E-state index in [1.54, 1.807) is 4.40 Å². The Morgan fingerprint density at radius 1 is 0.875 bits per heavy atom. The van der Waals surface area contributed by atoms with Crippen LogP contribution in [0.4, 0.5) is 0 Å². The summed E-state index contributed by atoms with van der Waals surface area (Å²) >= 11 is -0.0764. The molecule has 0 N–H and O–H groups in total. The van der Waals surface area contributed by atoms with Crippen molar-refractivity contribution in [2.45, 2.75) is 50.4 Å². The molecule has 162 valence electrons. The van der Waals surface area contributed by atoms with Crippen LogP contribution in [0.5, 0.6) is 0 Å². The number of pyridine rings is 1. The van der Waals surface area contributed by atoms with Crippen molar-refractivity contribution in [1.29, 1.82) is 0 Å². The average molecular weight is 498 g/mol. The monoisotopic (exact) mass is 499 g/mol. The van der Waals surface area contributed by atoms with E-state index in [0.717, 1.165) is 5.69 Å². The third kappa shape index (κ3) is 3.48. The van der Waals surface area contributed by atoms with E-state index in [9.17, 15) is 0 Å². The molecule has 0 aliphatic rings. The van der Waals surface area contributed by atoms with E-state index in [1.807, 2.05) is 17.5 Å². The molecule has 0 fully saturated rings. The van der Waals surface area contributed by atoms with Gasteiger partial charge in [-0.2, -0.15) is 0 Å². The summed E-state index contributed by atoms with van der Waals surface area (Å²) in [4.78, 5) is 4.97. The molecular formula is C29H31GeNS. The van der Waals surface area contributed by atoms with Crippen LogP contribution in [0.2, 0.25) is 17.3 Å². The summed E-state index contributed by atoms with van der Waals surface area (Å²) in [5.74, 6) is 7.51. The second-order valence-electron chi connectivity index (χ2n) is 11.0. The van der Waals surface area contributed by atoms with Crippen LogP contribution in [0.1, 0.15) is 31.9 Å². The molecule has 0 aliphatic carbocycles. The zero-order valence-corrected chi connectivity index (χ0v) is 23.0. The summed E-state index contributed by atoms with van der Waals surface area (Å²) in [6.07, 6.45) is 1.99. The van der Waals surface area contributed by atoms with Crippen LogP contribution < -0.4 is 4.40 Å². The molecule has 2 aromatic heterocycles. The molecule has 2 heterocycles. The Kier molecular flexibility index (Phi) is 5.03. The third-order valence-corrected chi connectivity index (χ3v) is 12.5. The quantitative estimate of drug-likeness (QED) is 0.223. The van der Waals surface area contributed by atoms with Gasteiger partial charge in [-0.15, -0.1) is 0 Å². The van der Waals surface area contributed by atoms with Crippen molar-refractivity contribution in [1.82, 2.24) is 4.98 Å². The van der Waals surface area contributed by atoms with Gasteiger partial charge in [-0.25, -0.2) is 0 Å². The number of hydrogen-bond donors (Lipinski definition) is 0. The van der Waals surface area contributed by atoms with Gasteiger partial charge in [-0.05, 0) is 0 Å². The van der Waals surface area contributed by atoms with E-state index in [0.29, 0.717) is 0 Å². The molecule has 0 radical (unpaired) electrons. The SMILES string of the molecule is Cc1ccc2c(sc3ccnc(-c4cc(C(C)(C)C)c5ccccc5c4)c32)[c]1[Ge]([CH3])([CH3])[CH3]. The number of fused-ring (bicyclic) bond motifs is 4. The summed E-state index contributed by atoms with van der Waals surface area (Å²) in [6.45, 7) is 9.19. The van der Waals surface area contributed by atoms with Gasteiger partial charge in [0.15, 0.2) is 0 Å². The van der Waals surface area contributed by atoms with Crippen LogP contribution in [-0.2, 0) is 5.41 Å². The van der Waals surface area contributed by atoms with Gasteiger partial charge in [0.2, 0.25) is 0 Å². The number of aryl methyl sites for hydroxylation is 1. The summed E-state index contributed by atoms with van der Waals surface area (Å²) in [7, 11) is 0. The number of rotatable bonds is 2. The first-order chi connectivity index (χ1) is 15.1. The molecule has 0 aliphatic heterocycles. The fourth-order valence-electron chi connectivity index (χ4n) is 5.10. The van der Waals surface area contributed by atoms with E-state index >= 15 is 0 Å². The molecule has 0 amide bonds. The Bertz CT molecular complexity index is 1500. The molecule has 32 heavy (non-hydrogen) atoms. The van der Waals surface area contributed by atoms with E-state index < -0.39 is 13.3 Å². The Morgan fingerprint density at radius 3 is 2.34 bits per heavy atom. The summed E-state index contributed by atoms with van der Waals surface area (Å²) < 4.78 is 4.47. The molecule has 0 atom stereocenters. The van der Waals surface area contributed by atoms with Crippen molar-refractivity contribution in [2.24, 2.45) is 0 Å². The molecule has 1 nitrogen and oxygen atoms in total. The Balaban J connectivity index is 1.89. The molecule has 0 saturated carbocycles. The topological polar surface area (TPSA) is 12.9 Å². The van der Waals surface area contributed by atoms with Crippen molar-refractivity contribution in [2.75, 3.05) is 0 Å². The van der Waals surface area contributed by atoms with E-state index in [1.165, 1.54) is 47.6 Å². The minimum atomic E-state index is -2.03. The van der Waals surface area contributed by atoms with Gasteiger partial charge in [0, 0.05) is 0 Å². The van der Waals surface area contributed by atoms with E-state index in [2.05, 4.69) is 99.6 Å². The van der Waals surface area contributed by atoms with Crippen LogP contribution in [0.3, 0.4) is 0 Å². The van der Waals surface area contributed by atoms with Crippen molar-refractivity contribution in [3.63, 3.8) is 0 Å². The van der Waals surface area contributed by atoms with Crippen molar-refractivity contribution >= 4 is 59.9 Å². The normalized spacial score (nSPS) is 12.8. The number of hydrogen-bond acceptors (Lipinski definition) is 2. The number of aromatic nitrogens is 1. The van der Waals surface area contributed by atoms with Gasteiger partial charge in [-0.3, -0.25) is 0 Å². The van der Waals surface area contributed by atoms with Crippen molar-refractivity contribution in [3.8, 4) is 11.3 Å². The standard InChI is InChI=1S/C29H31GeNS/c1-18-12-13-22-25-24(32-28(22)26(18)30(5,6)7)14-15-31-27(25)20-16-19-10-8-9-11-21(19)23(17-20)29(2,3)4/h8-17H,1-7H3. The molecule has 3 aromatic carbocycles. The second-order valence-corrected chi connectivity index (χ2v) is 22.6. The van der Waals surface area contributed by atoms with Gasteiger partial charge in [-0.1, -0.05) is 0 Å². The van der Waals surface area contributed by atoms with Crippen LogP contribution in [-0.4, -0.2) is 18.3 Å². The summed E-state index contributed by atoms with van der Waals surface area (Å²) in [5, 5.41) is 5.31. The average Bonchev–Trinajstić information content (AvgIpc) is 3.09. The van der Waals surface area contributed by atoms with Gasteiger partial charge in [0.05, 0.1) is 0 Å². The van der Waals surface area contributed by atoms with Gasteiger partial charge in [0.25, 0.3) is 0 Å². The van der Waals surface area contributed by atoms with Crippen molar-refractivity contribution < 1.29 is 0 Å². The predicted octanol–water partition coefficient (Wildman–Crippen LogP) is 8.42. The Hall–Kier alpha value is -2.17. The van der Waals surface area contributed by atoms with Gasteiger partial charge < -0.3 is 0 Å². The maximum absolute atomic E-state index is 4.97. The molecule has 0 bridgehead atoms. The first-order valence-electron chi connectivity index (χ1n) is 11.4. The number of benzene rings is 3. The first kappa shape index (κ1) is 21.7. The maximum atomic E-state index is 4.97. The predicted molar refractivity (Wildman–Crippen MR) is 146 cm³/mol. The zero-order chi connectivity index (χ0) is 22.8. The molecule has 0 unspecified atom stereocenters. The molecule has 5 aromatic rings.